The van der Waals surface area contributed by atoms with Crippen LogP contribution in [0.5, 0.6) is 0 Å². The second-order valence-corrected chi connectivity index (χ2v) is 10.8. The molecule has 0 aliphatic carbocycles. The summed E-state index contributed by atoms with van der Waals surface area (Å²) >= 11 is 6.05. The first-order valence-electron chi connectivity index (χ1n) is 12.0. The van der Waals surface area contributed by atoms with Crippen molar-refractivity contribution in [3.05, 3.63) is 65.2 Å². The normalized spacial score (nSPS) is 12.1. The lowest BCUT2D eigenvalue weighted by atomic mass is 10.1. The lowest BCUT2D eigenvalue weighted by molar-refractivity contribution is -0.141. The maximum Gasteiger partial charge on any atom is 0.242 e. The van der Waals surface area contributed by atoms with Gasteiger partial charge in [0.15, 0.2) is 0 Å². The maximum atomic E-state index is 13.4. The third kappa shape index (κ3) is 9.18. The zero-order valence-corrected chi connectivity index (χ0v) is 22.3. The van der Waals surface area contributed by atoms with Crippen molar-refractivity contribution in [2.24, 2.45) is 0 Å². The first-order valence-corrected chi connectivity index (χ1v) is 14.2. The molecule has 7 nitrogen and oxygen atoms in total. The predicted octanol–water partition coefficient (Wildman–Crippen LogP) is 4.61. The van der Waals surface area contributed by atoms with Crippen molar-refractivity contribution < 1.29 is 18.0 Å². The summed E-state index contributed by atoms with van der Waals surface area (Å²) in [5.41, 5.74) is 1.38. The van der Waals surface area contributed by atoms with Crippen LogP contribution in [-0.4, -0.2) is 50.5 Å². The molecule has 0 aliphatic rings. The van der Waals surface area contributed by atoms with E-state index in [0.29, 0.717) is 36.6 Å². The Balaban J connectivity index is 2.16. The van der Waals surface area contributed by atoms with Crippen LogP contribution < -0.4 is 9.62 Å². The summed E-state index contributed by atoms with van der Waals surface area (Å²) in [5.74, 6) is -0.354. The highest BCUT2D eigenvalue weighted by molar-refractivity contribution is 7.92. The fourth-order valence-corrected chi connectivity index (χ4v) is 4.98. The van der Waals surface area contributed by atoms with Crippen LogP contribution >= 0.6 is 11.6 Å². The highest BCUT2D eigenvalue weighted by Gasteiger charge is 2.28. The third-order valence-electron chi connectivity index (χ3n) is 5.66. The molecule has 2 aromatic rings. The number of benzene rings is 2. The van der Waals surface area contributed by atoms with E-state index in [2.05, 4.69) is 12.2 Å². The molecule has 1 atom stereocenters. The Kier molecular flexibility index (Phi) is 11.5. The second kappa shape index (κ2) is 14.1. The maximum absolute atomic E-state index is 13.4. The number of anilines is 1. The molecule has 9 heteroatoms. The largest absolute Gasteiger partial charge is 0.354 e. The van der Waals surface area contributed by atoms with E-state index in [1.54, 1.807) is 29.2 Å². The van der Waals surface area contributed by atoms with Crippen molar-refractivity contribution in [3.63, 3.8) is 0 Å². The van der Waals surface area contributed by atoms with E-state index in [0.717, 1.165) is 24.7 Å². The van der Waals surface area contributed by atoms with Gasteiger partial charge in [0.1, 0.15) is 6.04 Å². The summed E-state index contributed by atoms with van der Waals surface area (Å²) < 4.78 is 26.0. The van der Waals surface area contributed by atoms with Gasteiger partial charge in [0.2, 0.25) is 21.8 Å². The van der Waals surface area contributed by atoms with E-state index in [1.807, 2.05) is 37.3 Å². The Bertz CT molecular complexity index is 1060. The molecule has 2 rings (SSSR count). The number of carbonyl (C=O) groups excluding carboxylic acids is 2. The van der Waals surface area contributed by atoms with Crippen LogP contribution in [-0.2, 0) is 26.2 Å². The molecular weight excluding hydrogens is 486 g/mol. The van der Waals surface area contributed by atoms with Gasteiger partial charge in [0.25, 0.3) is 0 Å². The van der Waals surface area contributed by atoms with Crippen molar-refractivity contribution in [1.29, 1.82) is 0 Å². The average Bonchev–Trinajstić information content (AvgIpc) is 2.81. The van der Waals surface area contributed by atoms with Gasteiger partial charge in [-0.2, -0.15) is 0 Å². The smallest absolute Gasteiger partial charge is 0.242 e. The van der Waals surface area contributed by atoms with Gasteiger partial charge in [-0.05, 0) is 43.0 Å². The van der Waals surface area contributed by atoms with E-state index in [9.17, 15) is 18.0 Å². The molecule has 0 aliphatic heterocycles. The van der Waals surface area contributed by atoms with E-state index >= 15 is 0 Å². The molecule has 0 saturated carbocycles. The minimum atomic E-state index is -3.56. The summed E-state index contributed by atoms with van der Waals surface area (Å²) in [4.78, 5) is 27.9. The Labute approximate surface area is 214 Å². The average molecular weight is 522 g/mol. The standard InChI is InChI=1S/C26H36ClN3O4S/c1-4-6-17-28-26(32)24(5-2)29(20-21-12-8-7-9-13-21)25(31)16-11-18-30(35(3,33)34)23-15-10-14-22(27)19-23/h7-10,12-15,19,24H,4-6,11,16-18,20H2,1-3H3,(H,28,32)/t24-/m0/s1. The first kappa shape index (κ1) is 28.7. The van der Waals surface area contributed by atoms with Crippen molar-refractivity contribution >= 4 is 39.1 Å². The van der Waals surface area contributed by atoms with Crippen LogP contribution in [0.2, 0.25) is 5.02 Å². The van der Waals surface area contributed by atoms with Gasteiger partial charge < -0.3 is 10.2 Å². The van der Waals surface area contributed by atoms with Crippen molar-refractivity contribution in [1.82, 2.24) is 10.2 Å². The van der Waals surface area contributed by atoms with Crippen LogP contribution in [0.3, 0.4) is 0 Å². The predicted molar refractivity (Wildman–Crippen MR) is 142 cm³/mol. The molecule has 2 amide bonds. The number of amides is 2. The van der Waals surface area contributed by atoms with Crippen molar-refractivity contribution in [2.45, 2.75) is 58.5 Å². The van der Waals surface area contributed by atoms with Crippen LogP contribution in [0.4, 0.5) is 5.69 Å². The summed E-state index contributed by atoms with van der Waals surface area (Å²) in [6.07, 6.45) is 3.86. The minimum Gasteiger partial charge on any atom is -0.354 e. The summed E-state index contributed by atoms with van der Waals surface area (Å²) in [7, 11) is -3.56. The highest BCUT2D eigenvalue weighted by Crippen LogP contribution is 2.23. The molecule has 192 valence electrons. The van der Waals surface area contributed by atoms with Gasteiger partial charge in [-0.1, -0.05) is 68.3 Å². The molecule has 0 heterocycles. The molecule has 0 fully saturated rings. The first-order chi connectivity index (χ1) is 16.7. The van der Waals surface area contributed by atoms with E-state index < -0.39 is 16.1 Å². The molecule has 0 bridgehead atoms. The van der Waals surface area contributed by atoms with Crippen LogP contribution in [0.25, 0.3) is 0 Å². The zero-order valence-electron chi connectivity index (χ0n) is 20.7. The Morgan fingerprint density at radius 2 is 1.74 bits per heavy atom. The van der Waals surface area contributed by atoms with E-state index in [4.69, 9.17) is 11.6 Å². The van der Waals surface area contributed by atoms with Gasteiger partial charge in [-0.15, -0.1) is 0 Å². The van der Waals surface area contributed by atoms with Crippen molar-refractivity contribution in [2.75, 3.05) is 23.7 Å². The number of rotatable bonds is 14. The minimum absolute atomic E-state index is 0.109. The number of nitrogens with one attached hydrogen (secondary N) is 1. The lowest BCUT2D eigenvalue weighted by Crippen LogP contribution is -2.49. The number of sulfonamides is 1. The van der Waals surface area contributed by atoms with Crippen molar-refractivity contribution in [3.8, 4) is 0 Å². The molecule has 0 aromatic heterocycles. The topological polar surface area (TPSA) is 86.8 Å². The van der Waals surface area contributed by atoms with Gasteiger partial charge in [0, 0.05) is 31.1 Å². The van der Waals surface area contributed by atoms with Crippen LogP contribution in [0.1, 0.15) is 51.5 Å². The number of hydrogen-bond acceptors (Lipinski definition) is 4. The molecule has 35 heavy (non-hydrogen) atoms. The number of nitrogens with zero attached hydrogens (tertiary/aromatic N) is 2. The number of unbranched alkanes of at least 4 members (excludes halogenated alkanes) is 1. The Morgan fingerprint density at radius 3 is 2.34 bits per heavy atom. The molecular formula is C26H36ClN3O4S. The number of halogens is 1. The van der Waals surface area contributed by atoms with Gasteiger partial charge in [-0.25, -0.2) is 8.42 Å². The summed E-state index contributed by atoms with van der Waals surface area (Å²) in [6, 6.07) is 15.6. The third-order valence-corrected chi connectivity index (χ3v) is 7.09. The summed E-state index contributed by atoms with van der Waals surface area (Å²) in [6.45, 7) is 4.95. The quantitative estimate of drug-likeness (QED) is 0.368. The van der Waals surface area contributed by atoms with Crippen LogP contribution in [0.15, 0.2) is 54.6 Å². The van der Waals surface area contributed by atoms with E-state index in [-0.39, 0.29) is 24.8 Å². The molecule has 0 saturated heterocycles. The van der Waals surface area contributed by atoms with E-state index in [1.165, 1.54) is 4.31 Å². The molecule has 0 radical (unpaired) electrons. The molecule has 0 unspecified atom stereocenters. The van der Waals surface area contributed by atoms with Gasteiger partial charge in [-0.3, -0.25) is 13.9 Å². The Morgan fingerprint density at radius 1 is 1.03 bits per heavy atom. The Hall–Kier alpha value is -2.58. The van der Waals surface area contributed by atoms with Gasteiger partial charge in [0.05, 0.1) is 11.9 Å². The second-order valence-electron chi connectivity index (χ2n) is 8.49. The molecule has 2 aromatic carbocycles. The summed E-state index contributed by atoms with van der Waals surface area (Å²) in [5, 5.41) is 3.38. The fourth-order valence-electron chi connectivity index (χ4n) is 3.84. The zero-order chi connectivity index (χ0) is 25.8. The SMILES string of the molecule is CCCCNC(=O)[C@H](CC)N(Cc1ccccc1)C(=O)CCCN(c1cccc(Cl)c1)S(C)(=O)=O. The fraction of sp³-hybridized carbons (Fsp3) is 0.462. The highest BCUT2D eigenvalue weighted by atomic mass is 35.5. The molecule has 0 spiro atoms. The van der Waals surface area contributed by atoms with Crippen LogP contribution in [0, 0.1) is 0 Å². The van der Waals surface area contributed by atoms with Gasteiger partial charge >= 0.3 is 0 Å². The molecule has 1 N–H and O–H groups in total. The lowest BCUT2D eigenvalue weighted by Gasteiger charge is -2.31. The number of hydrogen-bond donors (Lipinski definition) is 1. The number of carbonyl (C=O) groups is 2. The monoisotopic (exact) mass is 521 g/mol.